The minimum Gasteiger partial charge on any atom is -0.497 e. The Bertz CT molecular complexity index is 589. The van der Waals surface area contributed by atoms with Crippen molar-refractivity contribution in [1.29, 1.82) is 0 Å². The Morgan fingerprint density at radius 3 is 2.65 bits per heavy atom. The maximum absolute atomic E-state index is 12.5. The van der Waals surface area contributed by atoms with Crippen LogP contribution in [0.15, 0.2) is 24.3 Å². The largest absolute Gasteiger partial charge is 0.497 e. The van der Waals surface area contributed by atoms with Crippen molar-refractivity contribution in [3.8, 4) is 11.5 Å². The Morgan fingerprint density at radius 2 is 1.96 bits per heavy atom. The van der Waals surface area contributed by atoms with Gasteiger partial charge in [-0.15, -0.1) is 0 Å². The topological polar surface area (TPSA) is 71.1 Å². The highest BCUT2D eigenvalue weighted by molar-refractivity contribution is 5.82. The van der Waals surface area contributed by atoms with Gasteiger partial charge in [-0.3, -0.25) is 4.79 Å². The highest BCUT2D eigenvalue weighted by atomic mass is 16.5. The quantitative estimate of drug-likeness (QED) is 0.887. The predicted molar refractivity (Wildman–Crippen MR) is 83.6 cm³/mol. The fraction of sp³-hybridized carbons (Fsp3) is 0.500. The van der Waals surface area contributed by atoms with Crippen LogP contribution in [0.2, 0.25) is 0 Å². The van der Waals surface area contributed by atoms with Crippen LogP contribution in [0.4, 0.5) is 4.79 Å². The van der Waals surface area contributed by atoms with Crippen molar-refractivity contribution in [3.05, 3.63) is 24.3 Å². The summed E-state index contributed by atoms with van der Waals surface area (Å²) in [5, 5.41) is 2.81. The number of carbonyl (C=O) groups excluding carboxylic acids is 2. The fourth-order valence-corrected chi connectivity index (χ4v) is 2.97. The standard InChI is InChI=1S/C16H21N3O4/c1-11(23-14-5-3-13(22-2)4-6-14)15(20)18-7-8-19-12(10-18)9-17-16(19)21/h3-6,11-12H,7-10H2,1-2H3,(H,17,21). The summed E-state index contributed by atoms with van der Waals surface area (Å²) in [5.41, 5.74) is 0. The van der Waals surface area contributed by atoms with E-state index in [2.05, 4.69) is 5.32 Å². The minimum absolute atomic E-state index is 0.0374. The van der Waals surface area contributed by atoms with Crippen molar-refractivity contribution in [3.63, 3.8) is 0 Å². The van der Waals surface area contributed by atoms with Gasteiger partial charge in [0.1, 0.15) is 11.5 Å². The number of ether oxygens (including phenoxy) is 2. The second-order valence-corrected chi connectivity index (χ2v) is 5.75. The average Bonchev–Trinajstić information content (AvgIpc) is 2.95. The summed E-state index contributed by atoms with van der Waals surface area (Å²) in [7, 11) is 1.60. The first-order valence-corrected chi connectivity index (χ1v) is 7.72. The van der Waals surface area contributed by atoms with E-state index in [1.807, 2.05) is 0 Å². The lowest BCUT2D eigenvalue weighted by atomic mass is 10.2. The van der Waals surface area contributed by atoms with Gasteiger partial charge in [-0.05, 0) is 31.2 Å². The first-order chi connectivity index (χ1) is 11.1. The molecule has 2 unspecified atom stereocenters. The Balaban J connectivity index is 1.57. The molecule has 0 aromatic heterocycles. The predicted octanol–water partition coefficient (Wildman–Crippen LogP) is 0.698. The molecule has 2 aliphatic rings. The van der Waals surface area contributed by atoms with E-state index >= 15 is 0 Å². The van der Waals surface area contributed by atoms with Gasteiger partial charge in [0.2, 0.25) is 0 Å². The lowest BCUT2D eigenvalue weighted by molar-refractivity contribution is -0.140. The summed E-state index contributed by atoms with van der Waals surface area (Å²) >= 11 is 0. The maximum Gasteiger partial charge on any atom is 0.317 e. The number of rotatable bonds is 4. The van der Waals surface area contributed by atoms with Gasteiger partial charge in [0.15, 0.2) is 6.10 Å². The number of nitrogens with zero attached hydrogens (tertiary/aromatic N) is 2. The van der Waals surface area contributed by atoms with Crippen molar-refractivity contribution in [1.82, 2.24) is 15.1 Å². The first kappa shape index (κ1) is 15.5. The molecule has 2 fully saturated rings. The number of amides is 3. The van der Waals surface area contributed by atoms with E-state index in [0.717, 1.165) is 5.75 Å². The van der Waals surface area contributed by atoms with Crippen molar-refractivity contribution < 1.29 is 19.1 Å². The van der Waals surface area contributed by atoms with E-state index < -0.39 is 6.10 Å². The molecule has 1 aromatic carbocycles. The first-order valence-electron chi connectivity index (χ1n) is 7.72. The lowest BCUT2D eigenvalue weighted by Gasteiger charge is -2.37. The molecule has 7 heteroatoms. The number of hydrogen-bond donors (Lipinski definition) is 1. The minimum atomic E-state index is -0.569. The van der Waals surface area contributed by atoms with Crippen molar-refractivity contribution in [2.24, 2.45) is 0 Å². The molecular weight excluding hydrogens is 298 g/mol. The van der Waals surface area contributed by atoms with E-state index in [0.29, 0.717) is 31.9 Å². The van der Waals surface area contributed by atoms with E-state index in [-0.39, 0.29) is 18.0 Å². The summed E-state index contributed by atoms with van der Waals surface area (Å²) < 4.78 is 10.8. The van der Waals surface area contributed by atoms with E-state index in [4.69, 9.17) is 9.47 Å². The second-order valence-electron chi connectivity index (χ2n) is 5.75. The number of urea groups is 1. The zero-order valence-corrected chi connectivity index (χ0v) is 13.3. The van der Waals surface area contributed by atoms with Crippen LogP contribution in [0.1, 0.15) is 6.92 Å². The van der Waals surface area contributed by atoms with Crippen molar-refractivity contribution in [2.45, 2.75) is 19.1 Å². The number of hydrogen-bond acceptors (Lipinski definition) is 4. The molecule has 2 heterocycles. The lowest BCUT2D eigenvalue weighted by Crippen LogP contribution is -2.56. The van der Waals surface area contributed by atoms with Crippen LogP contribution in [-0.2, 0) is 4.79 Å². The zero-order chi connectivity index (χ0) is 16.4. The molecule has 3 rings (SSSR count). The number of carbonyl (C=O) groups is 2. The Hall–Kier alpha value is -2.44. The molecule has 7 nitrogen and oxygen atoms in total. The Morgan fingerprint density at radius 1 is 1.26 bits per heavy atom. The number of methoxy groups -OCH3 is 1. The molecule has 23 heavy (non-hydrogen) atoms. The third-order valence-corrected chi connectivity index (χ3v) is 4.26. The third kappa shape index (κ3) is 3.18. The smallest absolute Gasteiger partial charge is 0.317 e. The molecule has 2 atom stereocenters. The highest BCUT2D eigenvalue weighted by Gasteiger charge is 2.38. The van der Waals surface area contributed by atoms with Crippen molar-refractivity contribution in [2.75, 3.05) is 33.3 Å². The van der Waals surface area contributed by atoms with Crippen LogP contribution in [0, 0.1) is 0 Å². The molecular formula is C16H21N3O4. The van der Waals surface area contributed by atoms with Crippen LogP contribution < -0.4 is 14.8 Å². The van der Waals surface area contributed by atoms with Gasteiger partial charge >= 0.3 is 6.03 Å². The average molecular weight is 319 g/mol. The van der Waals surface area contributed by atoms with E-state index in [1.165, 1.54) is 0 Å². The molecule has 0 bridgehead atoms. The normalized spacial score (nSPS) is 21.5. The molecule has 3 amide bonds. The zero-order valence-electron chi connectivity index (χ0n) is 13.3. The molecule has 0 aliphatic carbocycles. The number of benzene rings is 1. The summed E-state index contributed by atoms with van der Waals surface area (Å²) in [6.07, 6.45) is -0.569. The monoisotopic (exact) mass is 319 g/mol. The molecule has 0 spiro atoms. The van der Waals surface area contributed by atoms with Crippen molar-refractivity contribution >= 4 is 11.9 Å². The molecule has 0 radical (unpaired) electrons. The van der Waals surface area contributed by atoms with Gasteiger partial charge in [-0.25, -0.2) is 4.79 Å². The number of fused-ring (bicyclic) bond motifs is 1. The number of piperazine rings is 1. The SMILES string of the molecule is COc1ccc(OC(C)C(=O)N2CCN3C(=O)NCC3C2)cc1. The summed E-state index contributed by atoms with van der Waals surface area (Å²) in [5.74, 6) is 1.31. The van der Waals surface area contributed by atoms with E-state index in [9.17, 15) is 9.59 Å². The molecule has 2 saturated heterocycles. The molecule has 1 aromatic rings. The van der Waals surface area contributed by atoms with Crippen LogP contribution in [0.3, 0.4) is 0 Å². The van der Waals surface area contributed by atoms with Gasteiger partial charge in [-0.2, -0.15) is 0 Å². The van der Waals surface area contributed by atoms with Gasteiger partial charge in [0, 0.05) is 26.2 Å². The van der Waals surface area contributed by atoms with Crippen LogP contribution in [0.5, 0.6) is 11.5 Å². The maximum atomic E-state index is 12.5. The fourth-order valence-electron chi connectivity index (χ4n) is 2.97. The summed E-state index contributed by atoms with van der Waals surface area (Å²) in [6, 6.07) is 7.17. The van der Waals surface area contributed by atoms with Gasteiger partial charge < -0.3 is 24.6 Å². The van der Waals surface area contributed by atoms with Crippen LogP contribution in [0.25, 0.3) is 0 Å². The molecule has 1 N–H and O–H groups in total. The second kappa shape index (κ2) is 6.36. The van der Waals surface area contributed by atoms with Gasteiger partial charge in [0.25, 0.3) is 5.91 Å². The van der Waals surface area contributed by atoms with Gasteiger partial charge in [-0.1, -0.05) is 0 Å². The Kier molecular flexibility index (Phi) is 4.27. The van der Waals surface area contributed by atoms with E-state index in [1.54, 1.807) is 48.1 Å². The Labute approximate surface area is 135 Å². The van der Waals surface area contributed by atoms with Crippen LogP contribution >= 0.6 is 0 Å². The molecule has 2 aliphatic heterocycles. The molecule has 0 saturated carbocycles. The van der Waals surface area contributed by atoms with Crippen LogP contribution in [-0.4, -0.2) is 67.2 Å². The molecule has 124 valence electrons. The van der Waals surface area contributed by atoms with Gasteiger partial charge in [0.05, 0.1) is 13.2 Å². The highest BCUT2D eigenvalue weighted by Crippen LogP contribution is 2.20. The number of nitrogens with one attached hydrogen (secondary N) is 1. The summed E-state index contributed by atoms with van der Waals surface area (Å²) in [6.45, 7) is 4.00. The third-order valence-electron chi connectivity index (χ3n) is 4.26. The summed E-state index contributed by atoms with van der Waals surface area (Å²) in [4.78, 5) is 27.7.